The van der Waals surface area contributed by atoms with E-state index < -0.39 is 11.9 Å². The first-order valence-corrected chi connectivity index (χ1v) is 7.82. The van der Waals surface area contributed by atoms with Gasteiger partial charge in [0.15, 0.2) is 0 Å². The molecule has 0 aliphatic heterocycles. The zero-order valence-corrected chi connectivity index (χ0v) is 13.4. The molecule has 0 aliphatic rings. The van der Waals surface area contributed by atoms with Crippen LogP contribution in [0.5, 0.6) is 0 Å². The summed E-state index contributed by atoms with van der Waals surface area (Å²) in [6, 6.07) is 15.7. The molecule has 0 bridgehead atoms. The predicted molar refractivity (Wildman–Crippen MR) is 90.9 cm³/mol. The topological polar surface area (TPSA) is 72.2 Å². The minimum atomic E-state index is -0.792. The molecule has 2 amide bonds. The van der Waals surface area contributed by atoms with Crippen LogP contribution in [0.15, 0.2) is 54.6 Å². The van der Waals surface area contributed by atoms with E-state index in [1.54, 1.807) is 24.3 Å². The zero-order valence-electron chi connectivity index (χ0n) is 12.7. The maximum Gasteiger partial charge on any atom is 0.244 e. The van der Waals surface area contributed by atoms with Crippen LogP contribution in [0.2, 0.25) is 5.02 Å². The Morgan fingerprint density at radius 2 is 1.70 bits per heavy atom. The molecule has 1 atom stereocenters. The number of amides is 2. The summed E-state index contributed by atoms with van der Waals surface area (Å²) in [6.07, 6.45) is 1.80. The highest BCUT2D eigenvalue weighted by atomic mass is 35.5. The number of hydrogen-bond acceptors (Lipinski definition) is 2. The minimum absolute atomic E-state index is 0.188. The van der Waals surface area contributed by atoms with Crippen LogP contribution in [0.3, 0.4) is 0 Å². The summed E-state index contributed by atoms with van der Waals surface area (Å²) < 4.78 is 0. The lowest BCUT2D eigenvalue weighted by Crippen LogP contribution is -2.37. The Kier molecular flexibility index (Phi) is 6.18. The standard InChI is InChI=1S/C18H19ClN2O2/c19-15-11-9-13(10-12-15)5-4-8-16(22)21-17(18(20)23)14-6-2-1-3-7-14/h1-3,6-7,9-12,17H,4-5,8H2,(H2,20,23)(H,21,22)/t17-/m1/s1. The van der Waals surface area contributed by atoms with Gasteiger partial charge in [0.2, 0.25) is 11.8 Å². The van der Waals surface area contributed by atoms with Crippen molar-refractivity contribution in [3.8, 4) is 0 Å². The number of rotatable bonds is 7. The maximum atomic E-state index is 12.0. The molecule has 23 heavy (non-hydrogen) atoms. The van der Waals surface area contributed by atoms with Crippen LogP contribution in [0.4, 0.5) is 0 Å². The van der Waals surface area contributed by atoms with Gasteiger partial charge in [0.1, 0.15) is 6.04 Å². The van der Waals surface area contributed by atoms with Gasteiger partial charge in [-0.3, -0.25) is 9.59 Å². The predicted octanol–water partition coefficient (Wildman–Crippen LogP) is 3.01. The van der Waals surface area contributed by atoms with Crippen LogP contribution < -0.4 is 11.1 Å². The molecular formula is C18H19ClN2O2. The van der Waals surface area contributed by atoms with Gasteiger partial charge in [0.25, 0.3) is 0 Å². The Labute approximate surface area is 140 Å². The Hall–Kier alpha value is -2.33. The summed E-state index contributed by atoms with van der Waals surface area (Å²) in [5, 5.41) is 3.39. The fourth-order valence-electron chi connectivity index (χ4n) is 2.30. The van der Waals surface area contributed by atoms with Crippen LogP contribution >= 0.6 is 11.6 Å². The fraction of sp³-hybridized carbons (Fsp3) is 0.222. The average Bonchev–Trinajstić information content (AvgIpc) is 2.55. The van der Waals surface area contributed by atoms with Crippen molar-refractivity contribution in [2.45, 2.75) is 25.3 Å². The van der Waals surface area contributed by atoms with Crippen molar-refractivity contribution in [2.75, 3.05) is 0 Å². The van der Waals surface area contributed by atoms with E-state index in [0.717, 1.165) is 12.0 Å². The Morgan fingerprint density at radius 3 is 2.30 bits per heavy atom. The van der Waals surface area contributed by atoms with Gasteiger partial charge in [-0.15, -0.1) is 0 Å². The fourth-order valence-corrected chi connectivity index (χ4v) is 2.43. The number of aryl methyl sites for hydroxylation is 1. The molecule has 0 fully saturated rings. The van der Waals surface area contributed by atoms with Crippen molar-refractivity contribution < 1.29 is 9.59 Å². The van der Waals surface area contributed by atoms with Gasteiger partial charge >= 0.3 is 0 Å². The quantitative estimate of drug-likeness (QED) is 0.819. The van der Waals surface area contributed by atoms with Crippen molar-refractivity contribution in [3.05, 3.63) is 70.7 Å². The number of benzene rings is 2. The van der Waals surface area contributed by atoms with E-state index in [2.05, 4.69) is 5.32 Å². The second-order valence-electron chi connectivity index (χ2n) is 5.29. The minimum Gasteiger partial charge on any atom is -0.368 e. The van der Waals surface area contributed by atoms with E-state index in [9.17, 15) is 9.59 Å². The SMILES string of the molecule is NC(=O)[C@H](NC(=O)CCCc1ccc(Cl)cc1)c1ccccc1. The molecule has 2 rings (SSSR count). The van der Waals surface area contributed by atoms with E-state index in [0.29, 0.717) is 23.4 Å². The first kappa shape index (κ1) is 17.0. The van der Waals surface area contributed by atoms with E-state index >= 15 is 0 Å². The molecule has 0 radical (unpaired) electrons. The molecule has 0 heterocycles. The molecule has 0 aromatic heterocycles. The van der Waals surface area contributed by atoms with Gasteiger partial charge < -0.3 is 11.1 Å². The van der Waals surface area contributed by atoms with Crippen LogP contribution in [0, 0.1) is 0 Å². The highest BCUT2D eigenvalue weighted by Crippen LogP contribution is 2.14. The Morgan fingerprint density at radius 1 is 1.04 bits per heavy atom. The Bertz CT molecular complexity index is 656. The van der Waals surface area contributed by atoms with E-state index in [1.807, 2.05) is 30.3 Å². The first-order valence-electron chi connectivity index (χ1n) is 7.44. The van der Waals surface area contributed by atoms with Crippen molar-refractivity contribution in [1.29, 1.82) is 0 Å². The van der Waals surface area contributed by atoms with Crippen LogP contribution in [0.1, 0.15) is 30.0 Å². The molecule has 0 saturated carbocycles. The highest BCUT2D eigenvalue weighted by molar-refractivity contribution is 6.30. The van der Waals surface area contributed by atoms with Crippen LogP contribution in [-0.2, 0) is 16.0 Å². The van der Waals surface area contributed by atoms with Gasteiger partial charge in [-0.05, 0) is 36.1 Å². The summed E-state index contributed by atoms with van der Waals surface area (Å²) >= 11 is 5.83. The van der Waals surface area contributed by atoms with Gasteiger partial charge in [0.05, 0.1) is 0 Å². The smallest absolute Gasteiger partial charge is 0.244 e. The molecule has 0 spiro atoms. The first-order chi connectivity index (χ1) is 11.1. The number of nitrogens with one attached hydrogen (secondary N) is 1. The number of nitrogens with two attached hydrogens (primary N) is 1. The molecule has 2 aromatic carbocycles. The van der Waals surface area contributed by atoms with Crippen molar-refractivity contribution >= 4 is 23.4 Å². The molecule has 2 aromatic rings. The lowest BCUT2D eigenvalue weighted by atomic mass is 10.1. The molecule has 120 valence electrons. The number of halogens is 1. The molecule has 4 nitrogen and oxygen atoms in total. The van der Waals surface area contributed by atoms with E-state index in [-0.39, 0.29) is 5.91 Å². The third-order valence-corrected chi connectivity index (χ3v) is 3.76. The summed E-state index contributed by atoms with van der Waals surface area (Å²) in [6.45, 7) is 0. The second kappa shape index (κ2) is 8.34. The third kappa shape index (κ3) is 5.42. The molecule has 0 saturated heterocycles. The van der Waals surface area contributed by atoms with Crippen molar-refractivity contribution in [1.82, 2.24) is 5.32 Å². The number of primary amides is 1. The second-order valence-corrected chi connectivity index (χ2v) is 5.73. The highest BCUT2D eigenvalue weighted by Gasteiger charge is 2.19. The van der Waals surface area contributed by atoms with E-state index in [1.165, 1.54) is 0 Å². The summed E-state index contributed by atoms with van der Waals surface area (Å²) in [4.78, 5) is 23.6. The summed E-state index contributed by atoms with van der Waals surface area (Å²) in [7, 11) is 0. The number of carbonyl (C=O) groups excluding carboxylic acids is 2. The zero-order chi connectivity index (χ0) is 16.7. The molecule has 3 N–H and O–H groups in total. The molecular weight excluding hydrogens is 312 g/mol. The number of hydrogen-bond donors (Lipinski definition) is 2. The maximum absolute atomic E-state index is 12.0. The summed E-state index contributed by atoms with van der Waals surface area (Å²) in [5.41, 5.74) is 7.19. The van der Waals surface area contributed by atoms with Crippen LogP contribution in [0.25, 0.3) is 0 Å². The largest absolute Gasteiger partial charge is 0.368 e. The van der Waals surface area contributed by atoms with Gasteiger partial charge in [0, 0.05) is 11.4 Å². The van der Waals surface area contributed by atoms with Crippen LogP contribution in [-0.4, -0.2) is 11.8 Å². The lowest BCUT2D eigenvalue weighted by Gasteiger charge is -2.15. The number of carbonyl (C=O) groups is 2. The molecule has 0 unspecified atom stereocenters. The normalized spacial score (nSPS) is 11.7. The monoisotopic (exact) mass is 330 g/mol. The van der Waals surface area contributed by atoms with Gasteiger partial charge in [-0.1, -0.05) is 54.1 Å². The van der Waals surface area contributed by atoms with Crippen molar-refractivity contribution in [2.24, 2.45) is 5.73 Å². The molecule has 0 aliphatic carbocycles. The van der Waals surface area contributed by atoms with E-state index in [4.69, 9.17) is 17.3 Å². The third-order valence-electron chi connectivity index (χ3n) is 3.51. The lowest BCUT2D eigenvalue weighted by molar-refractivity contribution is -0.127. The summed E-state index contributed by atoms with van der Waals surface area (Å²) in [5.74, 6) is -0.756. The molecule has 5 heteroatoms. The van der Waals surface area contributed by atoms with Gasteiger partial charge in [-0.25, -0.2) is 0 Å². The van der Waals surface area contributed by atoms with Gasteiger partial charge in [-0.2, -0.15) is 0 Å². The van der Waals surface area contributed by atoms with Crippen molar-refractivity contribution in [3.63, 3.8) is 0 Å². The Balaban J connectivity index is 1.85. The average molecular weight is 331 g/mol.